The average Bonchev–Trinajstić information content (AvgIpc) is 2.97. The summed E-state index contributed by atoms with van der Waals surface area (Å²) in [5.74, 6) is 1.62. The summed E-state index contributed by atoms with van der Waals surface area (Å²) >= 11 is 0.721. The van der Waals surface area contributed by atoms with Crippen molar-refractivity contribution in [3.05, 3.63) is 34.2 Å². The molecule has 3 heterocycles. The summed E-state index contributed by atoms with van der Waals surface area (Å²) in [6.07, 6.45) is -1.66. The van der Waals surface area contributed by atoms with Crippen LogP contribution in [0.15, 0.2) is 18.5 Å². The Morgan fingerprint density at radius 3 is 2.52 bits per heavy atom. The van der Waals surface area contributed by atoms with Crippen LogP contribution in [0.3, 0.4) is 0 Å². The Morgan fingerprint density at radius 2 is 1.91 bits per heavy atom. The fourth-order valence-electron chi connectivity index (χ4n) is 2.46. The van der Waals surface area contributed by atoms with E-state index in [9.17, 15) is 13.2 Å². The highest BCUT2D eigenvalue weighted by Gasteiger charge is 2.33. The van der Waals surface area contributed by atoms with Gasteiger partial charge in [0.05, 0.1) is 12.7 Å². The number of anilines is 1. The molecule has 3 rings (SSSR count). The van der Waals surface area contributed by atoms with Gasteiger partial charge in [0.2, 0.25) is 0 Å². The van der Waals surface area contributed by atoms with Crippen LogP contribution in [0.5, 0.6) is 0 Å². The molecule has 0 atom stereocenters. The largest absolute Gasteiger partial charge is 0.427 e. The molecule has 0 saturated carbocycles. The van der Waals surface area contributed by atoms with Gasteiger partial charge in [0, 0.05) is 32.4 Å². The van der Waals surface area contributed by atoms with Gasteiger partial charge in [0.1, 0.15) is 21.5 Å². The van der Waals surface area contributed by atoms with Crippen LogP contribution in [0.4, 0.5) is 19.0 Å². The lowest BCUT2D eigenvalue weighted by Gasteiger charge is -2.34. The highest BCUT2D eigenvalue weighted by molar-refractivity contribution is 7.11. The van der Waals surface area contributed by atoms with Crippen molar-refractivity contribution in [2.45, 2.75) is 19.6 Å². The number of aryl methyl sites for hydroxylation is 1. The molecule has 5 nitrogen and oxygen atoms in total. The van der Waals surface area contributed by atoms with Crippen LogP contribution in [0.25, 0.3) is 0 Å². The van der Waals surface area contributed by atoms with Crippen molar-refractivity contribution in [1.82, 2.24) is 19.9 Å². The van der Waals surface area contributed by atoms with Crippen LogP contribution in [0.2, 0.25) is 0 Å². The van der Waals surface area contributed by atoms with Crippen LogP contribution in [0.1, 0.15) is 15.7 Å². The molecule has 1 saturated heterocycles. The molecule has 23 heavy (non-hydrogen) atoms. The maximum atomic E-state index is 12.6. The zero-order valence-corrected chi connectivity index (χ0v) is 13.4. The van der Waals surface area contributed by atoms with Crippen LogP contribution < -0.4 is 4.90 Å². The van der Waals surface area contributed by atoms with E-state index < -0.39 is 11.1 Å². The van der Waals surface area contributed by atoms with Gasteiger partial charge >= 0.3 is 6.18 Å². The molecule has 0 aromatic carbocycles. The minimum atomic E-state index is -4.31. The third-order valence-corrected chi connectivity index (χ3v) is 4.68. The summed E-state index contributed by atoms with van der Waals surface area (Å²) in [5, 5.41) is 0.503. The molecule has 0 N–H and O–H groups in total. The smallest absolute Gasteiger partial charge is 0.354 e. The second kappa shape index (κ2) is 6.40. The van der Waals surface area contributed by atoms with Crippen molar-refractivity contribution in [2.75, 3.05) is 31.1 Å². The first-order chi connectivity index (χ1) is 10.9. The molecule has 1 aliphatic rings. The Kier molecular flexibility index (Phi) is 4.49. The van der Waals surface area contributed by atoms with Crippen molar-refractivity contribution in [3.63, 3.8) is 0 Å². The maximum absolute atomic E-state index is 12.6. The fraction of sp³-hybridized carbons (Fsp3) is 0.500. The van der Waals surface area contributed by atoms with Gasteiger partial charge in [0.25, 0.3) is 0 Å². The molecule has 2 aromatic rings. The van der Waals surface area contributed by atoms with E-state index in [-0.39, 0.29) is 0 Å². The van der Waals surface area contributed by atoms with Crippen molar-refractivity contribution in [1.29, 1.82) is 0 Å². The highest BCUT2D eigenvalue weighted by Crippen LogP contribution is 2.33. The zero-order chi connectivity index (χ0) is 16.4. The first-order valence-electron chi connectivity index (χ1n) is 7.21. The Hall–Kier alpha value is -1.74. The van der Waals surface area contributed by atoms with Crippen molar-refractivity contribution < 1.29 is 13.2 Å². The predicted molar refractivity (Wildman–Crippen MR) is 81.4 cm³/mol. The van der Waals surface area contributed by atoms with Gasteiger partial charge in [-0.25, -0.2) is 15.0 Å². The van der Waals surface area contributed by atoms with E-state index in [0.29, 0.717) is 11.6 Å². The van der Waals surface area contributed by atoms with Crippen molar-refractivity contribution in [2.24, 2.45) is 0 Å². The summed E-state index contributed by atoms with van der Waals surface area (Å²) in [5.41, 5.74) is 0. The summed E-state index contributed by atoms with van der Waals surface area (Å²) < 4.78 is 37.8. The third kappa shape index (κ3) is 3.97. The molecule has 0 amide bonds. The maximum Gasteiger partial charge on any atom is 0.427 e. The lowest BCUT2D eigenvalue weighted by Crippen LogP contribution is -2.46. The monoisotopic (exact) mass is 343 g/mol. The first-order valence-corrected chi connectivity index (χ1v) is 8.02. The van der Waals surface area contributed by atoms with Crippen molar-refractivity contribution >= 4 is 17.2 Å². The van der Waals surface area contributed by atoms with Crippen LogP contribution in [0, 0.1) is 6.92 Å². The van der Waals surface area contributed by atoms with Crippen LogP contribution in [-0.2, 0) is 12.7 Å². The van der Waals surface area contributed by atoms with E-state index in [0.717, 1.165) is 55.4 Å². The number of aromatic nitrogens is 3. The van der Waals surface area contributed by atoms with Gasteiger partial charge in [0.15, 0.2) is 0 Å². The number of hydrogen-bond acceptors (Lipinski definition) is 6. The molecule has 124 valence electrons. The van der Waals surface area contributed by atoms with E-state index in [2.05, 4.69) is 24.8 Å². The lowest BCUT2D eigenvalue weighted by atomic mass is 10.3. The number of piperazine rings is 1. The fourth-order valence-corrected chi connectivity index (χ4v) is 3.29. The van der Waals surface area contributed by atoms with Gasteiger partial charge in [-0.3, -0.25) is 4.90 Å². The molecule has 0 unspecified atom stereocenters. The van der Waals surface area contributed by atoms with E-state index in [1.54, 1.807) is 6.20 Å². The Labute approximate surface area is 135 Å². The molecule has 0 spiro atoms. The molecule has 2 aromatic heterocycles. The number of nitrogens with zero attached hydrogens (tertiary/aromatic N) is 5. The van der Waals surface area contributed by atoms with E-state index >= 15 is 0 Å². The van der Waals surface area contributed by atoms with E-state index in [1.807, 2.05) is 13.0 Å². The zero-order valence-electron chi connectivity index (χ0n) is 12.5. The van der Waals surface area contributed by atoms with Gasteiger partial charge in [-0.1, -0.05) is 0 Å². The van der Waals surface area contributed by atoms with Crippen LogP contribution >= 0.6 is 11.3 Å². The quantitative estimate of drug-likeness (QED) is 0.857. The van der Waals surface area contributed by atoms with Gasteiger partial charge in [-0.2, -0.15) is 13.2 Å². The molecule has 0 aliphatic carbocycles. The summed E-state index contributed by atoms with van der Waals surface area (Å²) in [6, 6.07) is 1.87. The van der Waals surface area contributed by atoms with Crippen LogP contribution in [-0.4, -0.2) is 46.0 Å². The second-order valence-electron chi connectivity index (χ2n) is 5.34. The van der Waals surface area contributed by atoms with Crippen molar-refractivity contribution in [3.8, 4) is 0 Å². The SMILES string of the molecule is Cc1nccc(N2CCN(Cc3ncc(C(F)(F)F)s3)CC2)n1. The van der Waals surface area contributed by atoms with E-state index in [4.69, 9.17) is 0 Å². The standard InChI is InChI=1S/C14H16F3N5S/c1-10-18-3-2-12(20-10)22-6-4-21(5-7-22)9-13-19-8-11(23-13)14(15,16)17/h2-3,8H,4-7,9H2,1H3. The molecule has 1 aliphatic heterocycles. The predicted octanol–water partition coefficient (Wildman–Crippen LogP) is 2.58. The Bertz CT molecular complexity index is 664. The number of alkyl halides is 3. The van der Waals surface area contributed by atoms with E-state index in [1.165, 1.54) is 0 Å². The molecule has 0 radical (unpaired) electrons. The van der Waals surface area contributed by atoms with Gasteiger partial charge in [-0.05, 0) is 13.0 Å². The average molecular weight is 343 g/mol. The molecule has 0 bridgehead atoms. The molecular formula is C14H16F3N5S. The summed E-state index contributed by atoms with van der Waals surface area (Å²) in [7, 11) is 0. The number of thiazole rings is 1. The third-order valence-electron chi connectivity index (χ3n) is 3.65. The Balaban J connectivity index is 1.56. The minimum Gasteiger partial charge on any atom is -0.354 e. The topological polar surface area (TPSA) is 45.2 Å². The summed E-state index contributed by atoms with van der Waals surface area (Å²) in [6.45, 7) is 5.41. The minimum absolute atomic E-state index is 0.456. The second-order valence-corrected chi connectivity index (χ2v) is 6.46. The molecular weight excluding hydrogens is 327 g/mol. The molecule has 1 fully saturated rings. The number of rotatable bonds is 3. The number of halogens is 3. The van der Waals surface area contributed by atoms with Gasteiger partial charge < -0.3 is 4.90 Å². The lowest BCUT2D eigenvalue weighted by molar-refractivity contribution is -0.134. The highest BCUT2D eigenvalue weighted by atomic mass is 32.1. The Morgan fingerprint density at radius 1 is 1.17 bits per heavy atom. The summed E-state index contributed by atoms with van der Waals surface area (Å²) in [4.78, 5) is 16.0. The van der Waals surface area contributed by atoms with Gasteiger partial charge in [-0.15, -0.1) is 11.3 Å². The first kappa shape index (κ1) is 16.1. The normalized spacial score (nSPS) is 16.8. The number of hydrogen-bond donors (Lipinski definition) is 0. The molecule has 9 heteroatoms.